The molecule has 4 rings (SSSR count). The molecule has 0 spiro atoms. The minimum absolute atomic E-state index is 0.0618. The Morgan fingerprint density at radius 1 is 1.09 bits per heavy atom. The number of amides is 1. The smallest absolute Gasteiger partial charge is 0.254 e. The van der Waals surface area contributed by atoms with Crippen LogP contribution < -0.4 is 4.90 Å². The summed E-state index contributed by atoms with van der Waals surface area (Å²) in [5.41, 5.74) is 1.62. The van der Waals surface area contributed by atoms with Gasteiger partial charge >= 0.3 is 0 Å². The molecular weight excluding hydrogens is 507 g/mol. The van der Waals surface area contributed by atoms with Crippen LogP contribution in [-0.2, 0) is 11.2 Å². The predicted molar refractivity (Wildman–Crippen MR) is 138 cm³/mol. The Hall–Kier alpha value is -2.65. The summed E-state index contributed by atoms with van der Waals surface area (Å²) in [6.45, 7) is 5.30. The lowest BCUT2D eigenvalue weighted by Crippen LogP contribution is -2.59. The largest absolute Gasteiger partial charge is 0.611 e. The predicted octanol–water partition coefficient (Wildman–Crippen LogP) is 4.51. The summed E-state index contributed by atoms with van der Waals surface area (Å²) in [4.78, 5) is 37.7. The van der Waals surface area contributed by atoms with Gasteiger partial charge in [0.15, 0.2) is 10.6 Å². The summed E-state index contributed by atoms with van der Waals surface area (Å²) in [5.74, 6) is -0.780. The van der Waals surface area contributed by atoms with Crippen molar-refractivity contribution in [2.45, 2.75) is 30.8 Å². The van der Waals surface area contributed by atoms with Crippen molar-refractivity contribution in [1.82, 2.24) is 14.9 Å². The van der Waals surface area contributed by atoms with Crippen LogP contribution in [0, 0.1) is 0 Å². The van der Waals surface area contributed by atoms with E-state index in [1.807, 2.05) is 36.1 Å². The Kier molecular flexibility index (Phi) is 7.96. The Labute approximate surface area is 217 Å². The zero-order valence-electron chi connectivity index (χ0n) is 19.2. The monoisotopic (exact) mass is 530 g/mol. The lowest BCUT2D eigenvalue weighted by molar-refractivity contribution is 0.0634. The molecule has 0 bridgehead atoms. The summed E-state index contributed by atoms with van der Waals surface area (Å²) in [7, 11) is 0. The number of halogens is 2. The number of Topliss-reactive ketones (excluding diaryl/α,β-unsaturated/α-hetero) is 1. The van der Waals surface area contributed by atoms with Crippen LogP contribution in [0.1, 0.15) is 34.7 Å². The molecule has 7 nitrogen and oxygen atoms in total. The quantitative estimate of drug-likeness (QED) is 0.344. The van der Waals surface area contributed by atoms with Gasteiger partial charge in [-0.2, -0.15) is 0 Å². The summed E-state index contributed by atoms with van der Waals surface area (Å²) in [6, 6.07) is 13.9. The highest BCUT2D eigenvalue weighted by molar-refractivity contribution is 7.92. The van der Waals surface area contributed by atoms with Crippen molar-refractivity contribution in [1.29, 1.82) is 0 Å². The molecule has 10 heteroatoms. The highest BCUT2D eigenvalue weighted by Gasteiger charge is 2.34. The highest BCUT2D eigenvalue weighted by atomic mass is 35.5. The molecule has 1 fully saturated rings. The van der Waals surface area contributed by atoms with E-state index in [9.17, 15) is 14.1 Å². The summed E-state index contributed by atoms with van der Waals surface area (Å²) < 4.78 is 12.8. The molecule has 2 aromatic carbocycles. The number of aromatic nitrogens is 2. The van der Waals surface area contributed by atoms with Crippen LogP contribution >= 0.6 is 23.2 Å². The van der Waals surface area contributed by atoms with E-state index >= 15 is 0 Å². The minimum atomic E-state index is -1.68. The molecule has 35 heavy (non-hydrogen) atoms. The zero-order valence-corrected chi connectivity index (χ0v) is 21.6. The van der Waals surface area contributed by atoms with Gasteiger partial charge in [0.1, 0.15) is 12.0 Å². The average Bonchev–Trinajstić information content (AvgIpc) is 2.85. The number of piperazine rings is 1. The topological polar surface area (TPSA) is 89.5 Å². The molecule has 1 aliphatic heterocycles. The number of anilines is 1. The first-order chi connectivity index (χ1) is 16.8. The van der Waals surface area contributed by atoms with Crippen molar-refractivity contribution in [3.63, 3.8) is 0 Å². The SMILES string of the molecule is CC1[C@H](C)N(C(=O)c2ccc([S+]([O-])CC(=O)c3ccncn3)c(Cl)c2)CCN1c1cccc(Cl)c1. The average molecular weight is 531 g/mol. The Balaban J connectivity index is 1.45. The first-order valence-electron chi connectivity index (χ1n) is 11.1. The van der Waals surface area contributed by atoms with Crippen LogP contribution in [0.5, 0.6) is 0 Å². The maximum absolute atomic E-state index is 13.3. The first-order valence-corrected chi connectivity index (χ1v) is 13.1. The molecule has 1 saturated heterocycles. The third kappa shape index (κ3) is 5.62. The van der Waals surface area contributed by atoms with E-state index in [2.05, 4.69) is 21.8 Å². The van der Waals surface area contributed by atoms with Crippen molar-refractivity contribution >= 4 is 51.8 Å². The third-order valence-corrected chi connectivity index (χ3v) is 8.25. The number of nitrogens with zero attached hydrogens (tertiary/aromatic N) is 4. The molecular formula is C25H24Cl2N4O3S. The molecule has 1 aromatic heterocycles. The van der Waals surface area contributed by atoms with E-state index < -0.39 is 11.2 Å². The molecule has 0 saturated carbocycles. The molecule has 182 valence electrons. The second-order valence-electron chi connectivity index (χ2n) is 8.31. The van der Waals surface area contributed by atoms with Crippen molar-refractivity contribution in [2.24, 2.45) is 0 Å². The van der Waals surface area contributed by atoms with Gasteiger partial charge in [0.25, 0.3) is 5.91 Å². The third-order valence-electron chi connectivity index (χ3n) is 6.22. The van der Waals surface area contributed by atoms with E-state index in [1.54, 1.807) is 12.1 Å². The van der Waals surface area contributed by atoms with Crippen LogP contribution in [0.25, 0.3) is 0 Å². The Bertz CT molecular complexity index is 1230. The van der Waals surface area contributed by atoms with Gasteiger partial charge in [-0.15, -0.1) is 0 Å². The number of hydrogen-bond acceptors (Lipinski definition) is 6. The number of benzene rings is 2. The van der Waals surface area contributed by atoms with Crippen molar-refractivity contribution < 1.29 is 14.1 Å². The van der Waals surface area contributed by atoms with E-state index in [4.69, 9.17) is 23.2 Å². The lowest BCUT2D eigenvalue weighted by Gasteiger charge is -2.46. The van der Waals surface area contributed by atoms with Gasteiger partial charge in [-0.25, -0.2) is 9.97 Å². The van der Waals surface area contributed by atoms with Gasteiger partial charge in [0, 0.05) is 47.6 Å². The zero-order chi connectivity index (χ0) is 25.1. The van der Waals surface area contributed by atoms with E-state index in [0.29, 0.717) is 28.6 Å². The normalized spacial score (nSPS) is 18.9. The molecule has 0 aliphatic carbocycles. The standard InChI is InChI=1S/C25H24Cl2N4O3S/c1-16-17(2)31(11-10-30(16)20-5-3-4-19(26)13-20)25(33)18-6-7-24(21(27)12-18)35(34)14-23(32)22-8-9-28-15-29-22/h3-9,12-13,15-17H,10-11,14H2,1-2H3/t16?,17-,35?/m0/s1. The second-order valence-corrected chi connectivity index (χ2v) is 10.6. The van der Waals surface area contributed by atoms with Crippen LogP contribution in [-0.4, -0.2) is 62.0 Å². The maximum Gasteiger partial charge on any atom is 0.254 e. The van der Waals surface area contributed by atoms with Crippen LogP contribution in [0.2, 0.25) is 10.0 Å². The van der Waals surface area contributed by atoms with E-state index in [-0.39, 0.29) is 40.2 Å². The summed E-state index contributed by atoms with van der Waals surface area (Å²) in [6.07, 6.45) is 2.72. The van der Waals surface area contributed by atoms with Gasteiger partial charge in [-0.1, -0.05) is 29.3 Å². The van der Waals surface area contributed by atoms with Gasteiger partial charge in [-0.3, -0.25) is 9.59 Å². The maximum atomic E-state index is 13.3. The van der Waals surface area contributed by atoms with Gasteiger partial charge in [-0.05, 0) is 67.5 Å². The fraction of sp³-hybridized carbons (Fsp3) is 0.280. The van der Waals surface area contributed by atoms with Crippen molar-refractivity contribution in [2.75, 3.05) is 23.7 Å². The van der Waals surface area contributed by atoms with E-state index in [0.717, 1.165) is 5.69 Å². The minimum Gasteiger partial charge on any atom is -0.611 e. The summed E-state index contributed by atoms with van der Waals surface area (Å²) >= 11 is 10.9. The first kappa shape index (κ1) is 25.4. The molecule has 3 aromatic rings. The van der Waals surface area contributed by atoms with Crippen LogP contribution in [0.3, 0.4) is 0 Å². The number of carbonyl (C=O) groups excluding carboxylic acids is 2. The molecule has 2 unspecified atom stereocenters. The number of hydrogen-bond donors (Lipinski definition) is 0. The molecule has 1 aliphatic rings. The van der Waals surface area contributed by atoms with Crippen molar-refractivity contribution in [3.8, 4) is 0 Å². The lowest BCUT2D eigenvalue weighted by atomic mass is 10.0. The molecule has 3 atom stereocenters. The Morgan fingerprint density at radius 2 is 1.89 bits per heavy atom. The fourth-order valence-electron chi connectivity index (χ4n) is 4.16. The molecule has 0 radical (unpaired) electrons. The van der Waals surface area contributed by atoms with Crippen LogP contribution in [0.15, 0.2) is 66.0 Å². The van der Waals surface area contributed by atoms with Gasteiger partial charge in [0.2, 0.25) is 5.78 Å². The van der Waals surface area contributed by atoms with Crippen molar-refractivity contribution in [3.05, 3.63) is 82.4 Å². The van der Waals surface area contributed by atoms with Gasteiger partial charge in [0.05, 0.1) is 5.02 Å². The number of rotatable bonds is 6. The number of carbonyl (C=O) groups is 2. The highest BCUT2D eigenvalue weighted by Crippen LogP contribution is 2.29. The van der Waals surface area contributed by atoms with Gasteiger partial charge < -0.3 is 14.4 Å². The summed E-state index contributed by atoms with van der Waals surface area (Å²) in [5, 5.41) is 0.856. The van der Waals surface area contributed by atoms with E-state index in [1.165, 1.54) is 24.7 Å². The molecule has 2 heterocycles. The fourth-order valence-corrected chi connectivity index (χ4v) is 5.82. The number of ketones is 1. The molecule has 0 N–H and O–H groups in total. The van der Waals surface area contributed by atoms with Crippen LogP contribution in [0.4, 0.5) is 5.69 Å². The molecule has 1 amide bonds. The Morgan fingerprint density at radius 3 is 2.57 bits per heavy atom. The second kappa shape index (κ2) is 11.0.